The van der Waals surface area contributed by atoms with Crippen molar-refractivity contribution in [1.82, 2.24) is 10.2 Å². The number of methoxy groups -OCH3 is 1. The lowest BCUT2D eigenvalue weighted by molar-refractivity contribution is -0.139. The highest BCUT2D eigenvalue weighted by atomic mass is 32.2. The van der Waals surface area contributed by atoms with Gasteiger partial charge >= 0.3 is 0 Å². The van der Waals surface area contributed by atoms with Crippen molar-refractivity contribution in [2.24, 2.45) is 0 Å². The number of nitrogens with one attached hydrogen (secondary N) is 1. The number of nitrogens with zero attached hydrogens (tertiary/aromatic N) is 2. The fraction of sp³-hybridized carbons (Fsp3) is 0.355. The first-order valence-electron chi connectivity index (χ1n) is 13.4. The molecule has 3 aromatic rings. The van der Waals surface area contributed by atoms with Crippen molar-refractivity contribution in [1.29, 1.82) is 0 Å². The van der Waals surface area contributed by atoms with E-state index in [9.17, 15) is 18.0 Å². The highest BCUT2D eigenvalue weighted by molar-refractivity contribution is 7.92. The Morgan fingerprint density at radius 1 is 0.950 bits per heavy atom. The average Bonchev–Trinajstić information content (AvgIpc) is 2.95. The molecule has 0 fully saturated rings. The van der Waals surface area contributed by atoms with Crippen molar-refractivity contribution in [3.63, 3.8) is 0 Å². The number of hydrogen-bond donors (Lipinski definition) is 1. The molecule has 2 amide bonds. The van der Waals surface area contributed by atoms with Gasteiger partial charge in [0.05, 0.1) is 17.7 Å². The Morgan fingerprint density at radius 3 is 2.30 bits per heavy atom. The van der Waals surface area contributed by atoms with Crippen LogP contribution >= 0.6 is 0 Å². The SMILES string of the molecule is CC[C@@H](C)NC(=O)[C@H](C)N(Cc1cccc(OC)c1)C(=O)CN(c1cc(C)ccc1C)S(=O)(=O)c1ccccc1. The first-order chi connectivity index (χ1) is 19.0. The summed E-state index contributed by atoms with van der Waals surface area (Å²) in [5.41, 5.74) is 2.73. The molecule has 0 unspecified atom stereocenters. The van der Waals surface area contributed by atoms with Gasteiger partial charge in [0.2, 0.25) is 11.8 Å². The summed E-state index contributed by atoms with van der Waals surface area (Å²) in [7, 11) is -2.55. The largest absolute Gasteiger partial charge is 0.497 e. The van der Waals surface area contributed by atoms with Gasteiger partial charge in [0.25, 0.3) is 10.0 Å². The molecule has 3 aromatic carbocycles. The molecule has 0 aromatic heterocycles. The van der Waals surface area contributed by atoms with Gasteiger partial charge in [0, 0.05) is 12.6 Å². The number of sulfonamides is 1. The van der Waals surface area contributed by atoms with Crippen LogP contribution in [-0.4, -0.2) is 50.9 Å². The molecule has 0 aliphatic carbocycles. The van der Waals surface area contributed by atoms with E-state index in [1.54, 1.807) is 50.4 Å². The maximum absolute atomic E-state index is 14.1. The van der Waals surface area contributed by atoms with Gasteiger partial charge < -0.3 is 15.0 Å². The summed E-state index contributed by atoms with van der Waals surface area (Å²) in [6.07, 6.45) is 0.734. The smallest absolute Gasteiger partial charge is 0.264 e. The minimum atomic E-state index is -4.11. The third-order valence-electron chi connectivity index (χ3n) is 6.90. The first-order valence-corrected chi connectivity index (χ1v) is 14.8. The molecular formula is C31H39N3O5S. The van der Waals surface area contributed by atoms with E-state index < -0.39 is 28.5 Å². The number of aryl methyl sites for hydroxylation is 2. The zero-order valence-electron chi connectivity index (χ0n) is 24.0. The van der Waals surface area contributed by atoms with Crippen molar-refractivity contribution >= 4 is 27.5 Å². The second kappa shape index (κ2) is 13.5. The number of hydrogen-bond acceptors (Lipinski definition) is 5. The second-order valence-corrected chi connectivity index (χ2v) is 11.8. The van der Waals surface area contributed by atoms with E-state index in [0.717, 1.165) is 21.9 Å². The lowest BCUT2D eigenvalue weighted by Crippen LogP contribution is -2.52. The lowest BCUT2D eigenvalue weighted by Gasteiger charge is -2.33. The fourth-order valence-electron chi connectivity index (χ4n) is 4.24. The Balaban J connectivity index is 2.06. The second-order valence-electron chi connectivity index (χ2n) is 9.98. The van der Waals surface area contributed by atoms with Crippen molar-refractivity contribution in [2.45, 2.75) is 64.6 Å². The zero-order chi connectivity index (χ0) is 29.4. The van der Waals surface area contributed by atoms with Crippen molar-refractivity contribution in [3.05, 3.63) is 89.5 Å². The Labute approximate surface area is 238 Å². The van der Waals surface area contributed by atoms with Crippen LogP contribution in [0.5, 0.6) is 5.75 Å². The van der Waals surface area contributed by atoms with Crippen molar-refractivity contribution in [2.75, 3.05) is 18.0 Å². The van der Waals surface area contributed by atoms with Crippen LogP contribution in [0.15, 0.2) is 77.7 Å². The molecule has 0 radical (unpaired) electrons. The first kappa shape index (κ1) is 30.7. The molecule has 0 bridgehead atoms. The van der Waals surface area contributed by atoms with Gasteiger partial charge in [0.15, 0.2) is 0 Å². The van der Waals surface area contributed by atoms with Crippen LogP contribution in [0.4, 0.5) is 5.69 Å². The predicted octanol–water partition coefficient (Wildman–Crippen LogP) is 4.84. The van der Waals surface area contributed by atoms with E-state index in [-0.39, 0.29) is 23.4 Å². The van der Waals surface area contributed by atoms with Crippen LogP contribution in [0.2, 0.25) is 0 Å². The predicted molar refractivity (Wildman–Crippen MR) is 158 cm³/mol. The summed E-state index contributed by atoms with van der Waals surface area (Å²) in [6, 6.07) is 19.8. The number of ether oxygens (including phenoxy) is 1. The molecule has 0 aliphatic heterocycles. The van der Waals surface area contributed by atoms with Gasteiger partial charge in [-0.1, -0.05) is 49.4 Å². The van der Waals surface area contributed by atoms with Crippen LogP contribution in [0.25, 0.3) is 0 Å². The van der Waals surface area contributed by atoms with Gasteiger partial charge in [-0.15, -0.1) is 0 Å². The summed E-state index contributed by atoms with van der Waals surface area (Å²) >= 11 is 0. The number of carbonyl (C=O) groups is 2. The number of anilines is 1. The summed E-state index contributed by atoms with van der Waals surface area (Å²) in [5, 5.41) is 2.94. The van der Waals surface area contributed by atoms with Crippen LogP contribution in [-0.2, 0) is 26.2 Å². The molecule has 0 heterocycles. The maximum Gasteiger partial charge on any atom is 0.264 e. The number of carbonyl (C=O) groups excluding carboxylic acids is 2. The lowest BCUT2D eigenvalue weighted by atomic mass is 10.1. The molecule has 3 rings (SSSR count). The van der Waals surface area contributed by atoms with E-state index >= 15 is 0 Å². The van der Waals surface area contributed by atoms with Crippen molar-refractivity contribution < 1.29 is 22.7 Å². The Bertz CT molecular complexity index is 1430. The quantitative estimate of drug-likeness (QED) is 0.339. The fourth-order valence-corrected chi connectivity index (χ4v) is 5.73. The normalized spacial score (nSPS) is 12.8. The van der Waals surface area contributed by atoms with E-state index in [0.29, 0.717) is 17.0 Å². The van der Waals surface area contributed by atoms with Crippen LogP contribution in [0, 0.1) is 13.8 Å². The van der Waals surface area contributed by atoms with E-state index in [1.807, 2.05) is 52.0 Å². The number of rotatable bonds is 12. The molecule has 0 aliphatic rings. The van der Waals surface area contributed by atoms with Gasteiger partial charge in [-0.2, -0.15) is 0 Å². The summed E-state index contributed by atoms with van der Waals surface area (Å²) in [6.45, 7) is 8.81. The van der Waals surface area contributed by atoms with Gasteiger partial charge in [-0.25, -0.2) is 8.42 Å². The molecule has 9 heteroatoms. The molecule has 2 atom stereocenters. The van der Waals surface area contributed by atoms with E-state index in [2.05, 4.69) is 5.32 Å². The van der Waals surface area contributed by atoms with E-state index in [4.69, 9.17) is 4.74 Å². The summed E-state index contributed by atoms with van der Waals surface area (Å²) < 4.78 is 34.4. The highest BCUT2D eigenvalue weighted by Crippen LogP contribution is 2.28. The summed E-state index contributed by atoms with van der Waals surface area (Å²) in [4.78, 5) is 28.7. The zero-order valence-corrected chi connectivity index (χ0v) is 24.9. The molecular weight excluding hydrogens is 526 g/mol. The van der Waals surface area contributed by atoms with E-state index in [1.165, 1.54) is 17.0 Å². The maximum atomic E-state index is 14.1. The molecule has 214 valence electrons. The molecule has 1 N–H and O–H groups in total. The number of amides is 2. The number of benzene rings is 3. The van der Waals surface area contributed by atoms with Crippen molar-refractivity contribution in [3.8, 4) is 5.75 Å². The molecule has 0 spiro atoms. The Kier molecular flexibility index (Phi) is 10.3. The average molecular weight is 566 g/mol. The van der Waals surface area contributed by atoms with Gasteiger partial charge in [-0.05, 0) is 81.1 Å². The monoisotopic (exact) mass is 565 g/mol. The third kappa shape index (κ3) is 7.41. The van der Waals surface area contributed by atoms with Crippen LogP contribution in [0.3, 0.4) is 0 Å². The van der Waals surface area contributed by atoms with Crippen LogP contribution in [0.1, 0.15) is 43.9 Å². The summed E-state index contributed by atoms with van der Waals surface area (Å²) in [5.74, 6) is -0.199. The molecule has 0 saturated heterocycles. The van der Waals surface area contributed by atoms with Gasteiger partial charge in [0.1, 0.15) is 18.3 Å². The Hall–Kier alpha value is -3.85. The topological polar surface area (TPSA) is 96.0 Å². The minimum Gasteiger partial charge on any atom is -0.497 e. The van der Waals surface area contributed by atoms with Crippen LogP contribution < -0.4 is 14.4 Å². The standard InChI is InChI=1S/C31H39N3O5S/c1-7-24(4)32-31(36)25(5)33(20-26-12-11-13-27(19-26)39-6)30(35)21-34(29-18-22(2)16-17-23(29)3)40(37,38)28-14-9-8-10-15-28/h8-19,24-25H,7,20-21H2,1-6H3,(H,32,36)/t24-,25+/m1/s1. The molecule has 40 heavy (non-hydrogen) atoms. The highest BCUT2D eigenvalue weighted by Gasteiger charge is 2.33. The van der Waals surface area contributed by atoms with Gasteiger partial charge in [-0.3, -0.25) is 13.9 Å². The molecule has 8 nitrogen and oxygen atoms in total. The Morgan fingerprint density at radius 2 is 1.65 bits per heavy atom. The third-order valence-corrected chi connectivity index (χ3v) is 8.67. The molecule has 0 saturated carbocycles. The minimum absolute atomic E-state index is 0.0746.